The molecule has 1 saturated heterocycles. The number of amides is 1. The summed E-state index contributed by atoms with van der Waals surface area (Å²) in [6.45, 7) is 0.755. The van der Waals surface area contributed by atoms with E-state index in [4.69, 9.17) is 9.72 Å². The van der Waals surface area contributed by atoms with Crippen LogP contribution in [0.4, 0.5) is 0 Å². The van der Waals surface area contributed by atoms with E-state index < -0.39 is 0 Å². The lowest BCUT2D eigenvalue weighted by Gasteiger charge is -2.23. The smallest absolute Gasteiger partial charge is 0.256 e. The van der Waals surface area contributed by atoms with E-state index in [1.807, 2.05) is 23.1 Å². The van der Waals surface area contributed by atoms with Gasteiger partial charge in [0.15, 0.2) is 0 Å². The van der Waals surface area contributed by atoms with Crippen LogP contribution >= 0.6 is 11.3 Å². The van der Waals surface area contributed by atoms with Gasteiger partial charge in [-0.2, -0.15) is 0 Å². The minimum atomic E-state index is 0.00640. The number of carbonyl (C=O) groups is 1. The third-order valence-electron chi connectivity index (χ3n) is 4.30. The van der Waals surface area contributed by atoms with Crippen molar-refractivity contribution in [1.29, 1.82) is 0 Å². The first-order valence-electron chi connectivity index (χ1n) is 7.93. The van der Waals surface area contributed by atoms with E-state index in [9.17, 15) is 4.79 Å². The van der Waals surface area contributed by atoms with E-state index in [2.05, 4.69) is 11.1 Å². The van der Waals surface area contributed by atoms with Gasteiger partial charge < -0.3 is 9.64 Å². The zero-order valence-electron chi connectivity index (χ0n) is 13.3. The summed E-state index contributed by atoms with van der Waals surface area (Å²) in [7, 11) is 1.56. The maximum atomic E-state index is 12.9. The van der Waals surface area contributed by atoms with Crippen LogP contribution in [0, 0.1) is 0 Å². The van der Waals surface area contributed by atoms with Crippen LogP contribution in [0.1, 0.15) is 34.2 Å². The Kier molecular flexibility index (Phi) is 3.90. The van der Waals surface area contributed by atoms with Gasteiger partial charge >= 0.3 is 0 Å². The van der Waals surface area contributed by atoms with Gasteiger partial charge in [0, 0.05) is 18.8 Å². The van der Waals surface area contributed by atoms with E-state index in [0.29, 0.717) is 11.4 Å². The Morgan fingerprint density at radius 1 is 1.29 bits per heavy atom. The van der Waals surface area contributed by atoms with Gasteiger partial charge in [-0.15, -0.1) is 11.3 Å². The number of hydrogen-bond donors (Lipinski definition) is 0. The maximum Gasteiger partial charge on any atom is 0.256 e. The number of methoxy groups -OCH3 is 1. The van der Waals surface area contributed by atoms with Crippen molar-refractivity contribution in [2.24, 2.45) is 0 Å². The first-order chi connectivity index (χ1) is 11.8. The molecule has 6 heteroatoms. The van der Waals surface area contributed by atoms with Crippen molar-refractivity contribution in [2.45, 2.75) is 18.9 Å². The Balaban J connectivity index is 1.62. The second kappa shape index (κ2) is 6.20. The molecule has 1 fully saturated rings. The van der Waals surface area contributed by atoms with E-state index in [1.165, 1.54) is 0 Å². The van der Waals surface area contributed by atoms with Crippen molar-refractivity contribution in [3.63, 3.8) is 0 Å². The van der Waals surface area contributed by atoms with Crippen LogP contribution in [-0.4, -0.2) is 34.4 Å². The minimum Gasteiger partial charge on any atom is -0.481 e. The molecular weight excluding hydrogens is 322 g/mol. The molecule has 1 unspecified atom stereocenters. The third-order valence-corrected chi connectivity index (χ3v) is 5.44. The summed E-state index contributed by atoms with van der Waals surface area (Å²) in [4.78, 5) is 23.7. The molecule has 3 heterocycles. The summed E-state index contributed by atoms with van der Waals surface area (Å²) < 4.78 is 6.22. The molecule has 1 aliphatic heterocycles. The number of para-hydroxylation sites is 1. The number of fused-ring (bicyclic) bond motifs is 1. The lowest BCUT2D eigenvalue weighted by Crippen LogP contribution is -2.30. The fourth-order valence-electron chi connectivity index (χ4n) is 3.09. The predicted octanol–water partition coefficient (Wildman–Crippen LogP) is 3.68. The Hall–Kier alpha value is -2.47. The largest absolute Gasteiger partial charge is 0.481 e. The van der Waals surface area contributed by atoms with Crippen molar-refractivity contribution >= 4 is 27.5 Å². The van der Waals surface area contributed by atoms with Crippen LogP contribution in [-0.2, 0) is 0 Å². The van der Waals surface area contributed by atoms with E-state index in [1.54, 1.807) is 36.8 Å². The molecule has 0 spiro atoms. The normalized spacial score (nSPS) is 17.4. The van der Waals surface area contributed by atoms with E-state index in [-0.39, 0.29) is 11.9 Å². The van der Waals surface area contributed by atoms with Crippen LogP contribution in [0.2, 0.25) is 0 Å². The number of pyridine rings is 1. The van der Waals surface area contributed by atoms with Gasteiger partial charge in [-0.1, -0.05) is 12.1 Å². The molecule has 2 aromatic heterocycles. The number of nitrogens with zero attached hydrogens (tertiary/aromatic N) is 3. The number of carbonyl (C=O) groups excluding carboxylic acids is 1. The average molecular weight is 339 g/mol. The highest BCUT2D eigenvalue weighted by atomic mass is 32.1. The van der Waals surface area contributed by atoms with Gasteiger partial charge in [-0.3, -0.25) is 4.79 Å². The topological polar surface area (TPSA) is 55.3 Å². The summed E-state index contributed by atoms with van der Waals surface area (Å²) in [6.07, 6.45) is 3.53. The standard InChI is InChI=1S/C18H17N3O2S/c1-23-16-9-8-12(11-19-16)18(22)21-10-4-6-14(21)17-20-13-5-2-3-7-15(13)24-17/h2-3,5,7-9,11,14H,4,6,10H2,1H3. The Morgan fingerprint density at radius 3 is 2.92 bits per heavy atom. The molecule has 0 radical (unpaired) electrons. The molecule has 1 aromatic carbocycles. The first-order valence-corrected chi connectivity index (χ1v) is 8.74. The highest BCUT2D eigenvalue weighted by Gasteiger charge is 2.32. The quantitative estimate of drug-likeness (QED) is 0.730. The molecule has 1 atom stereocenters. The molecule has 1 aliphatic rings. The Morgan fingerprint density at radius 2 is 2.17 bits per heavy atom. The second-order valence-electron chi connectivity index (χ2n) is 5.77. The van der Waals surface area contributed by atoms with Gasteiger partial charge in [0.2, 0.25) is 5.88 Å². The predicted molar refractivity (Wildman–Crippen MR) is 93.4 cm³/mol. The van der Waals surface area contributed by atoms with E-state index in [0.717, 1.165) is 34.6 Å². The number of likely N-dealkylation sites (tertiary alicyclic amines) is 1. The molecule has 4 rings (SSSR count). The molecule has 5 nitrogen and oxygen atoms in total. The van der Waals surface area contributed by atoms with Gasteiger partial charge in [0.05, 0.1) is 28.9 Å². The van der Waals surface area contributed by atoms with Gasteiger partial charge in [0.1, 0.15) is 5.01 Å². The highest BCUT2D eigenvalue weighted by molar-refractivity contribution is 7.18. The fraction of sp³-hybridized carbons (Fsp3) is 0.278. The molecule has 0 N–H and O–H groups in total. The van der Waals surface area contributed by atoms with E-state index >= 15 is 0 Å². The fourth-order valence-corrected chi connectivity index (χ4v) is 4.21. The third kappa shape index (κ3) is 2.63. The molecule has 0 aliphatic carbocycles. The lowest BCUT2D eigenvalue weighted by molar-refractivity contribution is 0.0735. The van der Waals surface area contributed by atoms with Crippen molar-refractivity contribution in [2.75, 3.05) is 13.7 Å². The second-order valence-corrected chi connectivity index (χ2v) is 6.83. The zero-order chi connectivity index (χ0) is 16.5. The van der Waals surface area contributed by atoms with Crippen molar-refractivity contribution in [3.8, 4) is 5.88 Å². The summed E-state index contributed by atoms with van der Waals surface area (Å²) >= 11 is 1.68. The van der Waals surface area contributed by atoms with Crippen LogP contribution in [0.3, 0.4) is 0 Å². The van der Waals surface area contributed by atoms with Crippen LogP contribution in [0.15, 0.2) is 42.6 Å². The summed E-state index contributed by atoms with van der Waals surface area (Å²) in [5.41, 5.74) is 1.59. The molecule has 3 aromatic rings. The number of aromatic nitrogens is 2. The molecular formula is C18H17N3O2S. The highest BCUT2D eigenvalue weighted by Crippen LogP contribution is 2.37. The number of rotatable bonds is 3. The summed E-state index contributed by atoms with van der Waals surface area (Å²) in [6, 6.07) is 11.6. The van der Waals surface area contributed by atoms with Crippen molar-refractivity contribution in [1.82, 2.24) is 14.9 Å². The summed E-state index contributed by atoms with van der Waals surface area (Å²) in [5.74, 6) is 0.516. The molecule has 0 bridgehead atoms. The average Bonchev–Trinajstić information content (AvgIpc) is 3.27. The summed E-state index contributed by atoms with van der Waals surface area (Å²) in [5, 5.41) is 1.02. The van der Waals surface area contributed by atoms with Crippen molar-refractivity contribution in [3.05, 3.63) is 53.2 Å². The molecule has 0 saturated carbocycles. The maximum absolute atomic E-state index is 12.9. The SMILES string of the molecule is COc1ccc(C(=O)N2CCCC2c2nc3ccccc3s2)cn1. The van der Waals surface area contributed by atoms with Crippen LogP contribution in [0.5, 0.6) is 5.88 Å². The van der Waals surface area contributed by atoms with Crippen LogP contribution in [0.25, 0.3) is 10.2 Å². The van der Waals surface area contributed by atoms with Gasteiger partial charge in [-0.05, 0) is 31.0 Å². The number of benzene rings is 1. The number of hydrogen-bond acceptors (Lipinski definition) is 5. The minimum absolute atomic E-state index is 0.00640. The number of ether oxygens (including phenoxy) is 1. The molecule has 1 amide bonds. The molecule has 122 valence electrons. The zero-order valence-corrected chi connectivity index (χ0v) is 14.1. The van der Waals surface area contributed by atoms with Crippen molar-refractivity contribution < 1.29 is 9.53 Å². The lowest BCUT2D eigenvalue weighted by atomic mass is 10.2. The Labute approximate surface area is 143 Å². The monoisotopic (exact) mass is 339 g/mol. The van der Waals surface area contributed by atoms with Gasteiger partial charge in [0.25, 0.3) is 5.91 Å². The van der Waals surface area contributed by atoms with Gasteiger partial charge in [-0.25, -0.2) is 9.97 Å². The first kappa shape index (κ1) is 15.1. The van der Waals surface area contributed by atoms with Crippen LogP contribution < -0.4 is 4.74 Å². The molecule has 24 heavy (non-hydrogen) atoms. The Bertz CT molecular complexity index is 842. The number of thiazole rings is 1.